The van der Waals surface area contributed by atoms with Gasteiger partial charge in [-0.25, -0.2) is 4.98 Å². The van der Waals surface area contributed by atoms with Crippen molar-refractivity contribution in [2.24, 2.45) is 11.8 Å². The second-order valence-corrected chi connectivity index (χ2v) is 10.4. The Bertz CT molecular complexity index is 990. The van der Waals surface area contributed by atoms with E-state index in [-0.39, 0.29) is 17.7 Å². The van der Waals surface area contributed by atoms with Gasteiger partial charge in [0.2, 0.25) is 5.91 Å². The standard InChI is InChI=1S/C27H35N3O2S/c1-19(25(31)28-16-13-21-9-5-3-6-10-21)22-14-17-30(18-15-22)27(32)24-20(2)29-26(33-24)23-11-7-4-8-12-23/h4,7-9,11-12,19,22H,3,5-6,10,13-18H2,1-2H3,(H,28,31)/t19-/m1/s1. The third-order valence-electron chi connectivity index (χ3n) is 7.09. The summed E-state index contributed by atoms with van der Waals surface area (Å²) in [7, 11) is 0. The van der Waals surface area contributed by atoms with Gasteiger partial charge in [-0.15, -0.1) is 11.3 Å². The first-order chi connectivity index (χ1) is 16.0. The fourth-order valence-electron chi connectivity index (χ4n) is 4.90. The number of hydrogen-bond donors (Lipinski definition) is 1. The van der Waals surface area contributed by atoms with E-state index in [2.05, 4.69) is 16.4 Å². The van der Waals surface area contributed by atoms with E-state index in [0.717, 1.165) is 46.9 Å². The highest BCUT2D eigenvalue weighted by molar-refractivity contribution is 7.17. The molecular formula is C27H35N3O2S. The Balaban J connectivity index is 1.27. The Morgan fingerprint density at radius 1 is 1.18 bits per heavy atom. The molecule has 176 valence electrons. The Kier molecular flexibility index (Phi) is 7.97. The molecule has 2 heterocycles. The number of aryl methyl sites for hydroxylation is 1. The van der Waals surface area contributed by atoms with E-state index in [9.17, 15) is 9.59 Å². The first kappa shape index (κ1) is 23.7. The topological polar surface area (TPSA) is 62.3 Å². The average Bonchev–Trinajstić information content (AvgIpc) is 3.26. The van der Waals surface area contributed by atoms with E-state index in [4.69, 9.17) is 0 Å². The minimum Gasteiger partial charge on any atom is -0.356 e. The van der Waals surface area contributed by atoms with Crippen LogP contribution in [0.4, 0.5) is 0 Å². The smallest absolute Gasteiger partial charge is 0.265 e. The van der Waals surface area contributed by atoms with Crippen molar-refractivity contribution in [2.75, 3.05) is 19.6 Å². The maximum atomic E-state index is 13.2. The first-order valence-electron chi connectivity index (χ1n) is 12.3. The number of aromatic nitrogens is 1. The van der Waals surface area contributed by atoms with E-state index in [1.54, 1.807) is 0 Å². The molecule has 2 aliphatic rings. The molecule has 1 aliphatic heterocycles. The summed E-state index contributed by atoms with van der Waals surface area (Å²) in [5.41, 5.74) is 3.34. The van der Waals surface area contributed by atoms with Gasteiger partial charge in [-0.1, -0.05) is 48.9 Å². The molecule has 1 saturated heterocycles. The Hall–Kier alpha value is -2.47. The zero-order valence-electron chi connectivity index (χ0n) is 19.8. The SMILES string of the molecule is Cc1nc(-c2ccccc2)sc1C(=O)N1CCC([C@@H](C)C(=O)NCCC2=CCCCC2)CC1. The van der Waals surface area contributed by atoms with Gasteiger partial charge in [-0.2, -0.15) is 0 Å². The molecule has 0 unspecified atom stereocenters. The monoisotopic (exact) mass is 465 g/mol. The first-order valence-corrected chi connectivity index (χ1v) is 13.1. The third kappa shape index (κ3) is 5.91. The van der Waals surface area contributed by atoms with E-state index >= 15 is 0 Å². The van der Waals surface area contributed by atoms with Gasteiger partial charge in [0, 0.05) is 31.1 Å². The molecule has 1 atom stereocenters. The van der Waals surface area contributed by atoms with Crippen LogP contribution in [0.25, 0.3) is 10.6 Å². The van der Waals surface area contributed by atoms with Crippen molar-refractivity contribution in [3.63, 3.8) is 0 Å². The van der Waals surface area contributed by atoms with Gasteiger partial charge in [0.15, 0.2) is 0 Å². The molecule has 2 aromatic rings. The summed E-state index contributed by atoms with van der Waals surface area (Å²) >= 11 is 1.48. The van der Waals surface area contributed by atoms with Gasteiger partial charge in [0.1, 0.15) is 9.88 Å². The third-order valence-corrected chi connectivity index (χ3v) is 8.28. The quantitative estimate of drug-likeness (QED) is 0.540. The van der Waals surface area contributed by atoms with Gasteiger partial charge in [0.25, 0.3) is 5.91 Å². The molecule has 0 bridgehead atoms. The van der Waals surface area contributed by atoms with Crippen LogP contribution in [0.2, 0.25) is 0 Å². The van der Waals surface area contributed by atoms with E-state index in [1.165, 1.54) is 42.6 Å². The number of carbonyl (C=O) groups excluding carboxylic acids is 2. The number of hydrogen-bond acceptors (Lipinski definition) is 4. The number of piperidine rings is 1. The van der Waals surface area contributed by atoms with Gasteiger partial charge in [-0.05, 0) is 57.8 Å². The highest BCUT2D eigenvalue weighted by Crippen LogP contribution is 2.31. The van der Waals surface area contributed by atoms with Crippen molar-refractivity contribution in [3.8, 4) is 10.6 Å². The van der Waals surface area contributed by atoms with Crippen molar-refractivity contribution in [3.05, 3.63) is 52.6 Å². The Morgan fingerprint density at radius 2 is 1.94 bits per heavy atom. The number of carbonyl (C=O) groups is 2. The highest BCUT2D eigenvalue weighted by Gasteiger charge is 2.31. The zero-order valence-corrected chi connectivity index (χ0v) is 20.6. The summed E-state index contributed by atoms with van der Waals surface area (Å²) < 4.78 is 0. The summed E-state index contributed by atoms with van der Waals surface area (Å²) in [6, 6.07) is 10.0. The number of likely N-dealkylation sites (tertiary alicyclic amines) is 1. The second kappa shape index (κ2) is 11.1. The van der Waals surface area contributed by atoms with Crippen LogP contribution in [0.3, 0.4) is 0 Å². The predicted molar refractivity (Wildman–Crippen MR) is 134 cm³/mol. The number of nitrogens with one attached hydrogen (secondary N) is 1. The van der Waals surface area contributed by atoms with Crippen LogP contribution in [0.5, 0.6) is 0 Å². The lowest BCUT2D eigenvalue weighted by Crippen LogP contribution is -2.42. The number of thiazole rings is 1. The number of benzene rings is 1. The highest BCUT2D eigenvalue weighted by atomic mass is 32.1. The molecule has 1 aromatic carbocycles. The molecule has 1 aliphatic carbocycles. The van der Waals surface area contributed by atoms with E-state index < -0.39 is 0 Å². The van der Waals surface area contributed by atoms with Crippen molar-refractivity contribution in [2.45, 2.75) is 58.8 Å². The van der Waals surface area contributed by atoms with Gasteiger partial charge in [-0.3, -0.25) is 9.59 Å². The number of rotatable bonds is 7. The number of nitrogens with zero attached hydrogens (tertiary/aromatic N) is 2. The minimum atomic E-state index is -0.0163. The Labute approximate surface area is 201 Å². The normalized spacial score (nSPS) is 18.0. The van der Waals surface area contributed by atoms with Gasteiger partial charge >= 0.3 is 0 Å². The fraction of sp³-hybridized carbons (Fsp3) is 0.519. The summed E-state index contributed by atoms with van der Waals surface area (Å²) in [6.07, 6.45) is 10.0. The van der Waals surface area contributed by atoms with Crippen LogP contribution in [-0.4, -0.2) is 41.3 Å². The molecule has 0 saturated carbocycles. The maximum Gasteiger partial charge on any atom is 0.265 e. The van der Waals surface area contributed by atoms with E-state index in [1.807, 2.05) is 49.1 Å². The molecular weight excluding hydrogens is 430 g/mol. The van der Waals surface area contributed by atoms with Crippen LogP contribution < -0.4 is 5.32 Å². The molecule has 1 aromatic heterocycles. The second-order valence-electron chi connectivity index (χ2n) is 9.37. The molecule has 0 radical (unpaired) electrons. The molecule has 33 heavy (non-hydrogen) atoms. The van der Waals surface area contributed by atoms with Crippen LogP contribution in [0, 0.1) is 18.8 Å². The lowest BCUT2D eigenvalue weighted by Gasteiger charge is -2.34. The van der Waals surface area contributed by atoms with Crippen molar-refractivity contribution >= 4 is 23.2 Å². The van der Waals surface area contributed by atoms with Crippen LogP contribution in [0.1, 0.15) is 67.2 Å². The summed E-state index contributed by atoms with van der Waals surface area (Å²) in [4.78, 5) is 33.2. The molecule has 1 N–H and O–H groups in total. The summed E-state index contributed by atoms with van der Waals surface area (Å²) in [6.45, 7) is 6.09. The lowest BCUT2D eigenvalue weighted by molar-refractivity contribution is -0.126. The minimum absolute atomic E-state index is 0.0163. The number of amides is 2. The molecule has 2 amide bonds. The molecule has 5 nitrogen and oxygen atoms in total. The van der Waals surface area contributed by atoms with Crippen LogP contribution >= 0.6 is 11.3 Å². The zero-order chi connectivity index (χ0) is 23.2. The van der Waals surface area contributed by atoms with Crippen LogP contribution in [-0.2, 0) is 4.79 Å². The molecule has 1 fully saturated rings. The lowest BCUT2D eigenvalue weighted by atomic mass is 9.84. The maximum absolute atomic E-state index is 13.2. The van der Waals surface area contributed by atoms with Crippen molar-refractivity contribution in [1.82, 2.24) is 15.2 Å². The van der Waals surface area contributed by atoms with E-state index in [0.29, 0.717) is 19.0 Å². The molecule has 6 heteroatoms. The van der Waals surface area contributed by atoms with Crippen LogP contribution in [0.15, 0.2) is 42.0 Å². The molecule has 0 spiro atoms. The van der Waals surface area contributed by atoms with Crippen molar-refractivity contribution in [1.29, 1.82) is 0 Å². The average molecular weight is 466 g/mol. The fourth-order valence-corrected chi connectivity index (χ4v) is 5.94. The van der Waals surface area contributed by atoms with Gasteiger partial charge < -0.3 is 10.2 Å². The largest absolute Gasteiger partial charge is 0.356 e. The van der Waals surface area contributed by atoms with Gasteiger partial charge in [0.05, 0.1) is 5.69 Å². The van der Waals surface area contributed by atoms with Crippen molar-refractivity contribution < 1.29 is 9.59 Å². The Morgan fingerprint density at radius 3 is 2.64 bits per heavy atom. The predicted octanol–water partition coefficient (Wildman–Crippen LogP) is 5.61. The molecule has 4 rings (SSSR count). The number of allylic oxidation sites excluding steroid dienone is 1. The summed E-state index contributed by atoms with van der Waals surface area (Å²) in [5, 5.41) is 4.04. The summed E-state index contributed by atoms with van der Waals surface area (Å²) in [5.74, 6) is 0.535.